The molecule has 1 saturated carbocycles. The molecule has 2 aromatic rings. The molecule has 0 bridgehead atoms. The van der Waals surface area contributed by atoms with Crippen LogP contribution in [0.3, 0.4) is 0 Å². The molecule has 0 spiro atoms. The number of piperidine rings is 1. The molecule has 2 fully saturated rings. The van der Waals surface area contributed by atoms with E-state index in [1.807, 2.05) is 0 Å². The van der Waals surface area contributed by atoms with Crippen LogP contribution in [-0.4, -0.2) is 55.7 Å². The van der Waals surface area contributed by atoms with Crippen LogP contribution in [0.25, 0.3) is 0 Å². The van der Waals surface area contributed by atoms with Crippen molar-refractivity contribution in [1.82, 2.24) is 9.62 Å². The minimum Gasteiger partial charge on any atom is -0.454 e. The number of carbonyl (C=O) groups is 3. The molecular formula is C24H27N3O6S. The molecule has 0 radical (unpaired) electrons. The van der Waals surface area contributed by atoms with Crippen LogP contribution in [0, 0.1) is 0 Å². The number of benzene rings is 2. The van der Waals surface area contributed by atoms with Gasteiger partial charge in [-0.25, -0.2) is 8.42 Å². The number of amides is 2. The van der Waals surface area contributed by atoms with Gasteiger partial charge in [-0.1, -0.05) is 30.3 Å². The lowest BCUT2D eigenvalue weighted by molar-refractivity contribution is -0.152. The minimum atomic E-state index is -3.88. The molecule has 2 aromatic carbocycles. The molecule has 1 aliphatic heterocycles. The Morgan fingerprint density at radius 3 is 2.38 bits per heavy atom. The fraction of sp³-hybridized carbons (Fsp3) is 0.375. The maximum atomic E-state index is 13.1. The summed E-state index contributed by atoms with van der Waals surface area (Å²) in [5, 5.41) is 5.47. The first-order valence-electron chi connectivity index (χ1n) is 11.3. The molecule has 1 aliphatic carbocycles. The predicted octanol–water partition coefficient (Wildman–Crippen LogP) is 2.30. The van der Waals surface area contributed by atoms with Crippen LogP contribution < -0.4 is 10.6 Å². The van der Waals surface area contributed by atoms with Crippen molar-refractivity contribution >= 4 is 33.5 Å². The summed E-state index contributed by atoms with van der Waals surface area (Å²) in [4.78, 5) is 37.7. The van der Waals surface area contributed by atoms with Gasteiger partial charge in [0.25, 0.3) is 11.8 Å². The van der Waals surface area contributed by atoms with Gasteiger partial charge in [0.2, 0.25) is 10.0 Å². The van der Waals surface area contributed by atoms with E-state index in [0.717, 1.165) is 17.1 Å². The van der Waals surface area contributed by atoms with Gasteiger partial charge in [-0.2, -0.15) is 4.31 Å². The Balaban J connectivity index is 1.38. The molecule has 34 heavy (non-hydrogen) atoms. The smallest absolute Gasteiger partial charge is 0.324 e. The minimum absolute atomic E-state index is 0.105. The summed E-state index contributed by atoms with van der Waals surface area (Å²) in [6, 6.07) is 13.7. The van der Waals surface area contributed by atoms with Crippen LogP contribution in [0.4, 0.5) is 5.69 Å². The maximum absolute atomic E-state index is 13.1. The number of carbonyl (C=O) groups excluding carboxylic acids is 3. The average Bonchev–Trinajstić information content (AvgIpc) is 3.67. The molecule has 1 atom stereocenters. The average molecular weight is 486 g/mol. The first kappa shape index (κ1) is 23.9. The Kier molecular flexibility index (Phi) is 7.28. The van der Waals surface area contributed by atoms with E-state index in [1.54, 1.807) is 42.5 Å². The number of nitrogens with one attached hydrogen (secondary N) is 2. The quantitative estimate of drug-likeness (QED) is 0.554. The molecule has 0 unspecified atom stereocenters. The second-order valence-electron chi connectivity index (χ2n) is 8.39. The van der Waals surface area contributed by atoms with E-state index in [-0.39, 0.29) is 23.4 Å². The first-order valence-corrected chi connectivity index (χ1v) is 12.7. The fourth-order valence-electron chi connectivity index (χ4n) is 3.86. The van der Waals surface area contributed by atoms with Crippen LogP contribution in [0.5, 0.6) is 0 Å². The summed E-state index contributed by atoms with van der Waals surface area (Å²) in [6.07, 6.45) is 3.51. The second kappa shape index (κ2) is 10.4. The Labute approximate surface area is 198 Å². The number of anilines is 1. The van der Waals surface area contributed by atoms with Gasteiger partial charge in [0.05, 0.1) is 16.1 Å². The van der Waals surface area contributed by atoms with E-state index in [1.165, 1.54) is 12.1 Å². The molecule has 1 saturated heterocycles. The van der Waals surface area contributed by atoms with Crippen LogP contribution in [0.15, 0.2) is 59.5 Å². The highest BCUT2D eigenvalue weighted by Crippen LogP contribution is 2.26. The monoisotopic (exact) mass is 485 g/mol. The van der Waals surface area contributed by atoms with Crippen LogP contribution >= 0.6 is 0 Å². The maximum Gasteiger partial charge on any atom is 0.324 e. The van der Waals surface area contributed by atoms with Crippen molar-refractivity contribution in [2.75, 3.05) is 18.5 Å². The SMILES string of the molecule is O=C(COC(=O)[C@H]1CCCCN1S(=O)(=O)c1ccccc1)Nc1ccccc1C(=O)NC1CC1. The molecule has 4 rings (SSSR count). The lowest BCUT2D eigenvalue weighted by atomic mass is 10.1. The highest BCUT2D eigenvalue weighted by molar-refractivity contribution is 7.89. The van der Waals surface area contributed by atoms with Gasteiger partial charge in [-0.15, -0.1) is 0 Å². The number of rotatable bonds is 8. The number of esters is 1. The zero-order chi connectivity index (χ0) is 24.1. The highest BCUT2D eigenvalue weighted by atomic mass is 32.2. The largest absolute Gasteiger partial charge is 0.454 e. The van der Waals surface area contributed by atoms with Crippen molar-refractivity contribution in [2.24, 2.45) is 0 Å². The summed E-state index contributed by atoms with van der Waals surface area (Å²) in [5.41, 5.74) is 0.633. The van der Waals surface area contributed by atoms with Crippen molar-refractivity contribution < 1.29 is 27.5 Å². The van der Waals surface area contributed by atoms with E-state index in [4.69, 9.17) is 4.74 Å². The lowest BCUT2D eigenvalue weighted by Gasteiger charge is -2.32. The van der Waals surface area contributed by atoms with Gasteiger partial charge < -0.3 is 15.4 Å². The van der Waals surface area contributed by atoms with Gasteiger partial charge in [-0.3, -0.25) is 14.4 Å². The van der Waals surface area contributed by atoms with E-state index in [9.17, 15) is 22.8 Å². The predicted molar refractivity (Wildman–Crippen MR) is 124 cm³/mol. The topological polar surface area (TPSA) is 122 Å². The van der Waals surface area contributed by atoms with E-state index in [2.05, 4.69) is 10.6 Å². The summed E-state index contributed by atoms with van der Waals surface area (Å²) < 4.78 is 32.5. The molecule has 2 aliphatic rings. The van der Waals surface area contributed by atoms with E-state index < -0.39 is 34.5 Å². The Morgan fingerprint density at radius 2 is 1.65 bits per heavy atom. The van der Waals surface area contributed by atoms with Crippen LogP contribution in [-0.2, 0) is 24.3 Å². The van der Waals surface area contributed by atoms with Gasteiger partial charge in [-0.05, 0) is 56.4 Å². The first-order chi connectivity index (χ1) is 16.4. The molecule has 1 heterocycles. The molecular weight excluding hydrogens is 458 g/mol. The zero-order valence-electron chi connectivity index (χ0n) is 18.6. The summed E-state index contributed by atoms with van der Waals surface area (Å²) in [7, 11) is -3.88. The van der Waals surface area contributed by atoms with Crippen LogP contribution in [0.2, 0.25) is 0 Å². The van der Waals surface area contributed by atoms with Crippen molar-refractivity contribution in [3.05, 3.63) is 60.2 Å². The van der Waals surface area contributed by atoms with Crippen LogP contribution in [0.1, 0.15) is 42.5 Å². The number of hydrogen-bond acceptors (Lipinski definition) is 6. The number of hydrogen-bond donors (Lipinski definition) is 2. The van der Waals surface area contributed by atoms with Gasteiger partial charge >= 0.3 is 5.97 Å². The number of para-hydroxylation sites is 1. The molecule has 0 aromatic heterocycles. The summed E-state index contributed by atoms with van der Waals surface area (Å²) >= 11 is 0. The van der Waals surface area contributed by atoms with Gasteiger partial charge in [0.15, 0.2) is 6.61 Å². The van der Waals surface area contributed by atoms with Gasteiger partial charge in [0, 0.05) is 12.6 Å². The Hall–Kier alpha value is -3.24. The van der Waals surface area contributed by atoms with Crippen molar-refractivity contribution in [2.45, 2.75) is 49.1 Å². The Morgan fingerprint density at radius 1 is 0.941 bits per heavy atom. The molecule has 9 nitrogen and oxygen atoms in total. The molecule has 10 heteroatoms. The van der Waals surface area contributed by atoms with Crippen molar-refractivity contribution in [1.29, 1.82) is 0 Å². The second-order valence-corrected chi connectivity index (χ2v) is 10.3. The highest BCUT2D eigenvalue weighted by Gasteiger charge is 2.38. The fourth-order valence-corrected chi connectivity index (χ4v) is 5.52. The molecule has 2 amide bonds. The van der Waals surface area contributed by atoms with E-state index >= 15 is 0 Å². The third-order valence-corrected chi connectivity index (χ3v) is 7.70. The van der Waals surface area contributed by atoms with Gasteiger partial charge in [0.1, 0.15) is 6.04 Å². The summed E-state index contributed by atoms with van der Waals surface area (Å²) in [6.45, 7) is -0.389. The number of ether oxygens (including phenoxy) is 1. The zero-order valence-corrected chi connectivity index (χ0v) is 19.4. The third-order valence-electron chi connectivity index (χ3n) is 5.78. The summed E-state index contributed by atoms with van der Waals surface area (Å²) in [5.74, 6) is -1.67. The standard InChI is InChI=1S/C24H27N3O6S/c28-22(26-20-11-5-4-10-19(20)23(29)25-17-13-14-17)16-33-24(30)21-12-6-7-15-27(21)34(31,32)18-8-2-1-3-9-18/h1-5,8-11,17,21H,6-7,12-16H2,(H,25,29)(H,26,28)/t21-/m1/s1. The molecule has 180 valence electrons. The third kappa shape index (κ3) is 5.63. The normalized spacial score (nSPS) is 18.6. The number of sulfonamides is 1. The Bertz CT molecular complexity index is 1160. The van der Waals surface area contributed by atoms with Crippen molar-refractivity contribution in [3.8, 4) is 0 Å². The molecule has 2 N–H and O–H groups in total. The number of nitrogens with zero attached hydrogens (tertiary/aromatic N) is 1. The van der Waals surface area contributed by atoms with Crippen molar-refractivity contribution in [3.63, 3.8) is 0 Å². The lowest BCUT2D eigenvalue weighted by Crippen LogP contribution is -2.48. The van der Waals surface area contributed by atoms with E-state index in [0.29, 0.717) is 30.5 Å².